The molecule has 2 rings (SSSR count). The highest BCUT2D eigenvalue weighted by atomic mass is 16.1. The second kappa shape index (κ2) is 6.16. The fraction of sp³-hybridized carbons (Fsp3) is 0.588. The summed E-state index contributed by atoms with van der Waals surface area (Å²) >= 11 is 0. The molecule has 0 bridgehead atoms. The molecule has 0 spiro atoms. The summed E-state index contributed by atoms with van der Waals surface area (Å²) in [5, 5.41) is 2.67. The molecule has 1 aromatic rings. The Bertz CT molecular complexity index is 523. The van der Waals surface area contributed by atoms with Crippen molar-refractivity contribution in [2.75, 3.05) is 27.7 Å². The maximum atomic E-state index is 11.7. The monoisotopic (exact) mass is 289 g/mol. The van der Waals surface area contributed by atoms with Crippen molar-refractivity contribution >= 4 is 5.91 Å². The molecule has 1 fully saturated rings. The summed E-state index contributed by atoms with van der Waals surface area (Å²) in [6.07, 6.45) is 3.44. The highest BCUT2D eigenvalue weighted by Crippen LogP contribution is 2.43. The molecule has 1 aliphatic carbocycles. The number of nitrogens with two attached hydrogens (primary N) is 1. The van der Waals surface area contributed by atoms with E-state index in [9.17, 15) is 4.79 Å². The van der Waals surface area contributed by atoms with E-state index in [2.05, 4.69) is 37.3 Å². The molecule has 0 radical (unpaired) electrons. The van der Waals surface area contributed by atoms with Gasteiger partial charge >= 0.3 is 0 Å². The fourth-order valence-electron chi connectivity index (χ4n) is 3.49. The van der Waals surface area contributed by atoms with Crippen molar-refractivity contribution in [2.45, 2.75) is 31.7 Å². The van der Waals surface area contributed by atoms with Crippen LogP contribution in [0.3, 0.4) is 0 Å². The van der Waals surface area contributed by atoms with Crippen LogP contribution in [-0.2, 0) is 6.42 Å². The van der Waals surface area contributed by atoms with Gasteiger partial charge in [-0.2, -0.15) is 0 Å². The molecule has 2 atom stereocenters. The summed E-state index contributed by atoms with van der Waals surface area (Å²) < 4.78 is 0. The summed E-state index contributed by atoms with van der Waals surface area (Å²) in [6.45, 7) is 2.79. The lowest BCUT2D eigenvalue weighted by atomic mass is 9.63. The Kier molecular flexibility index (Phi) is 4.69. The maximum Gasteiger partial charge on any atom is 0.251 e. The van der Waals surface area contributed by atoms with Crippen LogP contribution in [0.5, 0.6) is 0 Å². The minimum absolute atomic E-state index is 0.0297. The first-order valence-corrected chi connectivity index (χ1v) is 7.63. The van der Waals surface area contributed by atoms with Crippen molar-refractivity contribution in [1.82, 2.24) is 10.2 Å². The van der Waals surface area contributed by atoms with Crippen LogP contribution >= 0.6 is 0 Å². The van der Waals surface area contributed by atoms with Gasteiger partial charge in [0.2, 0.25) is 0 Å². The normalized spacial score (nSPS) is 24.8. The largest absolute Gasteiger partial charge is 0.355 e. The second-order valence-corrected chi connectivity index (χ2v) is 6.36. The third-order valence-electron chi connectivity index (χ3n) is 5.23. The molecule has 21 heavy (non-hydrogen) atoms. The van der Waals surface area contributed by atoms with Gasteiger partial charge in [0.25, 0.3) is 5.91 Å². The van der Waals surface area contributed by atoms with E-state index in [1.165, 1.54) is 24.0 Å². The Morgan fingerprint density at radius 3 is 2.62 bits per heavy atom. The zero-order chi connectivity index (χ0) is 15.6. The molecule has 3 N–H and O–H groups in total. The molecule has 1 saturated carbocycles. The molecule has 1 aromatic carbocycles. The fourth-order valence-corrected chi connectivity index (χ4v) is 3.49. The van der Waals surface area contributed by atoms with Crippen LogP contribution < -0.4 is 11.1 Å². The minimum Gasteiger partial charge on any atom is -0.355 e. The molecule has 4 nitrogen and oxygen atoms in total. The third-order valence-corrected chi connectivity index (χ3v) is 5.23. The molecular weight excluding hydrogens is 262 g/mol. The quantitative estimate of drug-likeness (QED) is 0.865. The van der Waals surface area contributed by atoms with Gasteiger partial charge in [-0.3, -0.25) is 4.79 Å². The molecule has 0 aromatic heterocycles. The van der Waals surface area contributed by atoms with E-state index in [-0.39, 0.29) is 11.4 Å². The maximum absolute atomic E-state index is 11.7. The number of benzene rings is 1. The Morgan fingerprint density at radius 1 is 1.48 bits per heavy atom. The third kappa shape index (κ3) is 2.83. The Hall–Kier alpha value is -1.39. The molecular formula is C17H27N3O. The number of hydrogen-bond acceptors (Lipinski definition) is 3. The van der Waals surface area contributed by atoms with Crippen molar-refractivity contribution in [3.05, 3.63) is 34.9 Å². The van der Waals surface area contributed by atoms with Crippen LogP contribution in [0, 0.1) is 12.8 Å². The van der Waals surface area contributed by atoms with Crippen molar-refractivity contribution in [2.24, 2.45) is 11.7 Å². The van der Waals surface area contributed by atoms with E-state index < -0.39 is 0 Å². The average molecular weight is 289 g/mol. The first-order valence-electron chi connectivity index (χ1n) is 7.63. The summed E-state index contributed by atoms with van der Waals surface area (Å²) in [5.41, 5.74) is 9.42. The van der Waals surface area contributed by atoms with Gasteiger partial charge in [0.05, 0.1) is 0 Å². The van der Waals surface area contributed by atoms with E-state index >= 15 is 0 Å². The highest BCUT2D eigenvalue weighted by molar-refractivity contribution is 5.94. The standard InChI is InChI=1S/C17H27N3O/c1-12-9-14(16(21)19-2)6-5-13(12)10-15-7-8-17(15,11-18)20(3)4/h5-6,9,15H,7-8,10-11,18H2,1-4H3,(H,19,21)/t15?,17-/m0/s1. The molecule has 1 unspecified atom stereocenters. The van der Waals surface area contributed by atoms with Crippen LogP contribution in [0.25, 0.3) is 0 Å². The lowest BCUT2D eigenvalue weighted by molar-refractivity contribution is -0.00476. The number of hydrogen-bond donors (Lipinski definition) is 2. The van der Waals surface area contributed by atoms with Crippen molar-refractivity contribution in [3.8, 4) is 0 Å². The molecule has 0 saturated heterocycles. The molecule has 1 amide bonds. The Labute approximate surface area is 127 Å². The molecule has 116 valence electrons. The number of carbonyl (C=O) groups is 1. The van der Waals surface area contributed by atoms with Gasteiger partial charge in [0, 0.05) is 24.7 Å². The zero-order valence-electron chi connectivity index (χ0n) is 13.6. The number of likely N-dealkylation sites (N-methyl/N-ethyl adjacent to an activating group) is 1. The summed E-state index contributed by atoms with van der Waals surface area (Å²) in [6, 6.07) is 5.99. The van der Waals surface area contributed by atoms with Gasteiger partial charge in [-0.1, -0.05) is 6.07 Å². The SMILES string of the molecule is CNC(=O)c1ccc(CC2CC[C@@]2(CN)N(C)C)c(C)c1. The van der Waals surface area contributed by atoms with Crippen LogP contribution in [0.2, 0.25) is 0 Å². The van der Waals surface area contributed by atoms with Gasteiger partial charge in [-0.25, -0.2) is 0 Å². The smallest absolute Gasteiger partial charge is 0.251 e. The number of nitrogens with one attached hydrogen (secondary N) is 1. The van der Waals surface area contributed by atoms with Crippen molar-refractivity contribution < 1.29 is 4.79 Å². The van der Waals surface area contributed by atoms with Crippen LogP contribution in [-0.4, -0.2) is 44.0 Å². The summed E-state index contributed by atoms with van der Waals surface area (Å²) in [7, 11) is 5.91. The Balaban J connectivity index is 2.15. The van der Waals surface area contributed by atoms with Crippen LogP contribution in [0.15, 0.2) is 18.2 Å². The minimum atomic E-state index is -0.0297. The van der Waals surface area contributed by atoms with E-state index in [1.807, 2.05) is 12.1 Å². The lowest BCUT2D eigenvalue weighted by Gasteiger charge is -2.54. The molecule has 4 heteroatoms. The first kappa shape index (κ1) is 16.0. The Morgan fingerprint density at radius 2 is 2.19 bits per heavy atom. The predicted octanol–water partition coefficient (Wildman–Crippen LogP) is 1.57. The van der Waals surface area contributed by atoms with Gasteiger partial charge in [-0.15, -0.1) is 0 Å². The van der Waals surface area contributed by atoms with E-state index in [1.54, 1.807) is 7.05 Å². The summed E-state index contributed by atoms with van der Waals surface area (Å²) in [4.78, 5) is 14.0. The van der Waals surface area contributed by atoms with Crippen LogP contribution in [0.1, 0.15) is 34.3 Å². The lowest BCUT2D eigenvalue weighted by Crippen LogP contribution is -2.62. The van der Waals surface area contributed by atoms with Gasteiger partial charge in [-0.05, 0) is 69.5 Å². The molecule has 0 aliphatic heterocycles. The van der Waals surface area contributed by atoms with E-state index in [0.717, 1.165) is 12.0 Å². The van der Waals surface area contributed by atoms with Crippen molar-refractivity contribution in [3.63, 3.8) is 0 Å². The zero-order valence-corrected chi connectivity index (χ0v) is 13.6. The number of aryl methyl sites for hydroxylation is 1. The molecule has 0 heterocycles. The average Bonchev–Trinajstić information content (AvgIpc) is 2.44. The highest BCUT2D eigenvalue weighted by Gasteiger charge is 2.47. The molecule has 1 aliphatic rings. The van der Waals surface area contributed by atoms with E-state index in [4.69, 9.17) is 5.73 Å². The second-order valence-electron chi connectivity index (χ2n) is 6.36. The topological polar surface area (TPSA) is 58.4 Å². The predicted molar refractivity (Wildman–Crippen MR) is 86.5 cm³/mol. The first-order chi connectivity index (χ1) is 9.94. The van der Waals surface area contributed by atoms with E-state index in [0.29, 0.717) is 12.5 Å². The number of nitrogens with zero attached hydrogens (tertiary/aromatic N) is 1. The van der Waals surface area contributed by atoms with Gasteiger partial charge in [0.15, 0.2) is 0 Å². The summed E-state index contributed by atoms with van der Waals surface area (Å²) in [5.74, 6) is 0.569. The number of carbonyl (C=O) groups excluding carboxylic acids is 1. The van der Waals surface area contributed by atoms with Crippen LogP contribution in [0.4, 0.5) is 0 Å². The number of rotatable bonds is 5. The number of amides is 1. The van der Waals surface area contributed by atoms with Crippen molar-refractivity contribution in [1.29, 1.82) is 0 Å². The van der Waals surface area contributed by atoms with Gasteiger partial charge < -0.3 is 16.0 Å². The van der Waals surface area contributed by atoms with Gasteiger partial charge in [0.1, 0.15) is 0 Å².